The van der Waals surface area contributed by atoms with Gasteiger partial charge in [-0.25, -0.2) is 9.38 Å². The highest BCUT2D eigenvalue weighted by atomic mass is 19.1. The van der Waals surface area contributed by atoms with Crippen LogP contribution in [0, 0.1) is 12.7 Å². The largest absolute Gasteiger partial charge is 0.469 e. The molecule has 0 aliphatic heterocycles. The zero-order valence-corrected chi connectivity index (χ0v) is 13.0. The first-order valence-electron chi connectivity index (χ1n) is 7.48. The minimum absolute atomic E-state index is 0.191. The topological polar surface area (TPSA) is 49.6 Å². The predicted molar refractivity (Wildman–Crippen MR) is 86.4 cm³/mol. The predicted octanol–water partition coefficient (Wildman–Crippen LogP) is 3.02. The van der Waals surface area contributed by atoms with E-state index in [1.165, 1.54) is 6.07 Å². The second-order valence-electron chi connectivity index (χ2n) is 5.03. The van der Waals surface area contributed by atoms with E-state index in [0.717, 1.165) is 36.8 Å². The lowest BCUT2D eigenvalue weighted by Crippen LogP contribution is -2.38. The second-order valence-corrected chi connectivity index (χ2v) is 5.03. The van der Waals surface area contributed by atoms with Crippen LogP contribution >= 0.6 is 0 Å². The lowest BCUT2D eigenvalue weighted by Gasteiger charge is -2.10. The van der Waals surface area contributed by atoms with Gasteiger partial charge in [-0.15, -0.1) is 0 Å². The van der Waals surface area contributed by atoms with Gasteiger partial charge in [-0.1, -0.05) is 12.1 Å². The Bertz CT molecular complexity index is 608. The van der Waals surface area contributed by atoms with E-state index in [1.54, 1.807) is 19.3 Å². The second kappa shape index (κ2) is 8.22. The van der Waals surface area contributed by atoms with Crippen molar-refractivity contribution in [2.24, 2.45) is 4.99 Å². The van der Waals surface area contributed by atoms with Crippen molar-refractivity contribution in [2.75, 3.05) is 13.1 Å². The molecule has 22 heavy (non-hydrogen) atoms. The van der Waals surface area contributed by atoms with E-state index < -0.39 is 0 Å². The maximum absolute atomic E-state index is 13.5. The van der Waals surface area contributed by atoms with Gasteiger partial charge in [0.1, 0.15) is 11.6 Å². The molecule has 0 aliphatic carbocycles. The van der Waals surface area contributed by atoms with E-state index in [1.807, 2.05) is 25.1 Å². The summed E-state index contributed by atoms with van der Waals surface area (Å²) in [6.45, 7) is 5.70. The summed E-state index contributed by atoms with van der Waals surface area (Å²) in [4.78, 5) is 4.47. The number of guanidine groups is 1. The lowest BCUT2D eigenvalue weighted by atomic mass is 10.1. The van der Waals surface area contributed by atoms with Crippen molar-refractivity contribution < 1.29 is 8.81 Å². The minimum atomic E-state index is -0.191. The number of hydrogen-bond donors (Lipinski definition) is 2. The Morgan fingerprint density at radius 2 is 2.14 bits per heavy atom. The maximum atomic E-state index is 13.5. The van der Waals surface area contributed by atoms with Crippen LogP contribution in [0.15, 0.2) is 46.0 Å². The summed E-state index contributed by atoms with van der Waals surface area (Å²) in [6, 6.07) is 9.03. The average Bonchev–Trinajstić information content (AvgIpc) is 3.01. The Morgan fingerprint density at radius 1 is 1.27 bits per heavy atom. The molecule has 5 heteroatoms. The fourth-order valence-corrected chi connectivity index (χ4v) is 2.01. The fourth-order valence-electron chi connectivity index (χ4n) is 2.01. The Kier molecular flexibility index (Phi) is 6.01. The number of rotatable bonds is 6. The summed E-state index contributed by atoms with van der Waals surface area (Å²) in [6.07, 6.45) is 2.46. The van der Waals surface area contributed by atoms with Gasteiger partial charge in [0.05, 0.1) is 12.8 Å². The van der Waals surface area contributed by atoms with Gasteiger partial charge < -0.3 is 15.1 Å². The summed E-state index contributed by atoms with van der Waals surface area (Å²) >= 11 is 0. The number of benzene rings is 1. The summed E-state index contributed by atoms with van der Waals surface area (Å²) in [5.41, 5.74) is 1.50. The monoisotopic (exact) mass is 303 g/mol. The van der Waals surface area contributed by atoms with Crippen molar-refractivity contribution in [1.29, 1.82) is 0 Å². The quantitative estimate of drug-likeness (QED) is 0.637. The number of halogens is 1. The lowest BCUT2D eigenvalue weighted by molar-refractivity contribution is 0.507. The zero-order chi connectivity index (χ0) is 15.8. The van der Waals surface area contributed by atoms with E-state index in [2.05, 4.69) is 15.6 Å². The van der Waals surface area contributed by atoms with Gasteiger partial charge in [0, 0.05) is 19.5 Å². The Morgan fingerprint density at radius 3 is 2.82 bits per heavy atom. The van der Waals surface area contributed by atoms with Crippen LogP contribution in [-0.2, 0) is 13.0 Å². The van der Waals surface area contributed by atoms with Crippen LogP contribution in [0.2, 0.25) is 0 Å². The van der Waals surface area contributed by atoms with Crippen LogP contribution in [-0.4, -0.2) is 19.0 Å². The molecule has 0 saturated carbocycles. The summed E-state index contributed by atoms with van der Waals surface area (Å²) in [5, 5.41) is 6.41. The van der Waals surface area contributed by atoms with Gasteiger partial charge in [0.25, 0.3) is 0 Å². The molecule has 0 aliphatic rings. The van der Waals surface area contributed by atoms with Crippen LogP contribution < -0.4 is 10.6 Å². The molecule has 0 unspecified atom stereocenters. The van der Waals surface area contributed by atoms with E-state index in [0.29, 0.717) is 12.1 Å². The van der Waals surface area contributed by atoms with Crippen LogP contribution in [0.4, 0.5) is 4.39 Å². The van der Waals surface area contributed by atoms with Crippen molar-refractivity contribution in [3.05, 3.63) is 59.3 Å². The smallest absolute Gasteiger partial charge is 0.191 e. The number of nitrogens with one attached hydrogen (secondary N) is 2. The summed E-state index contributed by atoms with van der Waals surface area (Å²) in [7, 11) is 0. The minimum Gasteiger partial charge on any atom is -0.469 e. The number of aryl methyl sites for hydroxylation is 1. The van der Waals surface area contributed by atoms with Crippen LogP contribution in [0.5, 0.6) is 0 Å². The molecule has 1 heterocycles. The Hall–Kier alpha value is -2.30. The maximum Gasteiger partial charge on any atom is 0.191 e. The van der Waals surface area contributed by atoms with Gasteiger partial charge in [-0.3, -0.25) is 0 Å². The first-order valence-corrected chi connectivity index (χ1v) is 7.48. The van der Waals surface area contributed by atoms with E-state index in [-0.39, 0.29) is 5.82 Å². The van der Waals surface area contributed by atoms with Crippen molar-refractivity contribution in [2.45, 2.75) is 26.8 Å². The Balaban J connectivity index is 1.89. The van der Waals surface area contributed by atoms with Gasteiger partial charge >= 0.3 is 0 Å². The van der Waals surface area contributed by atoms with Crippen molar-refractivity contribution in [1.82, 2.24) is 10.6 Å². The van der Waals surface area contributed by atoms with Crippen molar-refractivity contribution >= 4 is 5.96 Å². The van der Waals surface area contributed by atoms with Gasteiger partial charge in [-0.2, -0.15) is 0 Å². The normalized spacial score (nSPS) is 11.5. The molecule has 0 saturated heterocycles. The molecule has 0 spiro atoms. The first-order chi connectivity index (χ1) is 10.7. The molecule has 2 aromatic rings. The highest BCUT2D eigenvalue weighted by Gasteiger charge is 2.01. The Labute approximate surface area is 130 Å². The first kappa shape index (κ1) is 16.1. The third-order valence-electron chi connectivity index (χ3n) is 3.24. The van der Waals surface area contributed by atoms with Crippen LogP contribution in [0.3, 0.4) is 0 Å². The molecule has 0 fully saturated rings. The molecule has 0 radical (unpaired) electrons. The van der Waals surface area contributed by atoms with E-state index in [9.17, 15) is 4.39 Å². The molecule has 2 N–H and O–H groups in total. The number of hydrogen-bond acceptors (Lipinski definition) is 2. The molecule has 4 nitrogen and oxygen atoms in total. The standard InChI is InChI=1S/C17H22FN3O/c1-3-19-17(20-9-8-15-5-4-10-22-15)21-12-14-7-6-13(2)16(18)11-14/h4-7,10-11H,3,8-9,12H2,1-2H3,(H2,19,20,21). The van der Waals surface area contributed by atoms with E-state index >= 15 is 0 Å². The fraction of sp³-hybridized carbons (Fsp3) is 0.353. The van der Waals surface area contributed by atoms with Gasteiger partial charge in [0.2, 0.25) is 0 Å². The highest BCUT2D eigenvalue weighted by molar-refractivity contribution is 5.79. The third kappa shape index (κ3) is 4.91. The van der Waals surface area contributed by atoms with Crippen LogP contribution in [0.25, 0.3) is 0 Å². The zero-order valence-electron chi connectivity index (χ0n) is 13.0. The molecule has 0 atom stereocenters. The van der Waals surface area contributed by atoms with E-state index in [4.69, 9.17) is 4.42 Å². The number of furan rings is 1. The number of aliphatic imine (C=N–C) groups is 1. The molecule has 0 bridgehead atoms. The molecular weight excluding hydrogens is 281 g/mol. The molecule has 2 rings (SSSR count). The van der Waals surface area contributed by atoms with Crippen LogP contribution in [0.1, 0.15) is 23.8 Å². The van der Waals surface area contributed by atoms with Gasteiger partial charge in [-0.05, 0) is 43.2 Å². The van der Waals surface area contributed by atoms with Crippen molar-refractivity contribution in [3.8, 4) is 0 Å². The average molecular weight is 303 g/mol. The third-order valence-corrected chi connectivity index (χ3v) is 3.24. The molecule has 1 aromatic carbocycles. The van der Waals surface area contributed by atoms with Gasteiger partial charge in [0.15, 0.2) is 5.96 Å². The molecular formula is C17H22FN3O. The summed E-state index contributed by atoms with van der Waals surface area (Å²) in [5.74, 6) is 1.46. The highest BCUT2D eigenvalue weighted by Crippen LogP contribution is 2.10. The molecule has 1 aromatic heterocycles. The molecule has 0 amide bonds. The SMILES string of the molecule is CCNC(=NCc1ccc(C)c(F)c1)NCCc1ccco1. The summed E-state index contributed by atoms with van der Waals surface area (Å²) < 4.78 is 18.8. The molecule has 118 valence electrons. The van der Waals surface area contributed by atoms with Crippen molar-refractivity contribution in [3.63, 3.8) is 0 Å². The number of nitrogens with zero attached hydrogens (tertiary/aromatic N) is 1.